The Labute approximate surface area is 182 Å². The molecule has 1 saturated heterocycles. The maximum atomic E-state index is 14.5. The zero-order valence-corrected chi connectivity index (χ0v) is 18.5. The van der Waals surface area contributed by atoms with E-state index in [1.54, 1.807) is 49.8 Å². The third kappa shape index (κ3) is 4.60. The lowest BCUT2D eigenvalue weighted by Crippen LogP contribution is -2.54. The normalized spacial score (nSPS) is 19.4. The van der Waals surface area contributed by atoms with E-state index in [9.17, 15) is 12.8 Å². The Morgan fingerprint density at radius 1 is 1.06 bits per heavy atom. The maximum absolute atomic E-state index is 14.5. The summed E-state index contributed by atoms with van der Waals surface area (Å²) in [6.07, 6.45) is 3.16. The van der Waals surface area contributed by atoms with Crippen LogP contribution in [0.3, 0.4) is 0 Å². The van der Waals surface area contributed by atoms with E-state index >= 15 is 0 Å². The number of halogens is 1. The predicted molar refractivity (Wildman–Crippen MR) is 120 cm³/mol. The van der Waals surface area contributed by atoms with E-state index in [4.69, 9.17) is 4.42 Å². The molecule has 0 spiro atoms. The van der Waals surface area contributed by atoms with Crippen LogP contribution in [0.4, 0.5) is 15.8 Å². The van der Waals surface area contributed by atoms with Crippen LogP contribution in [-0.2, 0) is 10.0 Å². The van der Waals surface area contributed by atoms with Crippen LogP contribution in [0.1, 0.15) is 19.4 Å². The Bertz CT molecular complexity index is 1170. The largest absolute Gasteiger partial charge is 0.472 e. The van der Waals surface area contributed by atoms with Crippen molar-refractivity contribution in [1.29, 1.82) is 0 Å². The number of nitrogens with zero attached hydrogens (tertiary/aromatic N) is 1. The van der Waals surface area contributed by atoms with Crippen LogP contribution >= 0.6 is 0 Å². The Kier molecular flexibility index (Phi) is 5.77. The average Bonchev–Trinajstić information content (AvgIpc) is 3.23. The van der Waals surface area contributed by atoms with Gasteiger partial charge in [0.05, 0.1) is 23.1 Å². The molecule has 1 aromatic heterocycles. The average molecular weight is 444 g/mol. The molecule has 164 valence electrons. The summed E-state index contributed by atoms with van der Waals surface area (Å²) in [6.45, 7) is 7.42. The molecule has 3 aromatic rings. The maximum Gasteiger partial charge on any atom is 0.262 e. The molecule has 2 heterocycles. The van der Waals surface area contributed by atoms with E-state index in [0.29, 0.717) is 5.56 Å². The Hall–Kier alpha value is -2.84. The lowest BCUT2D eigenvalue weighted by molar-refractivity contribution is 0.407. The summed E-state index contributed by atoms with van der Waals surface area (Å²) in [7, 11) is -3.97. The second kappa shape index (κ2) is 8.36. The molecule has 8 heteroatoms. The number of rotatable bonds is 5. The summed E-state index contributed by atoms with van der Waals surface area (Å²) in [5.74, 6) is -0.615. The van der Waals surface area contributed by atoms with E-state index in [1.807, 2.05) is 0 Å². The van der Waals surface area contributed by atoms with Crippen molar-refractivity contribution in [2.24, 2.45) is 0 Å². The summed E-state index contributed by atoms with van der Waals surface area (Å²) < 4.78 is 48.1. The number of piperazine rings is 1. The van der Waals surface area contributed by atoms with Crippen molar-refractivity contribution in [1.82, 2.24) is 5.32 Å². The Balaban J connectivity index is 1.61. The van der Waals surface area contributed by atoms with Crippen molar-refractivity contribution in [3.8, 4) is 11.1 Å². The van der Waals surface area contributed by atoms with Gasteiger partial charge in [-0.25, -0.2) is 12.8 Å². The van der Waals surface area contributed by atoms with Crippen LogP contribution in [0.15, 0.2) is 64.3 Å². The smallest absolute Gasteiger partial charge is 0.262 e. The number of anilines is 2. The van der Waals surface area contributed by atoms with E-state index < -0.39 is 15.8 Å². The number of hydrogen-bond acceptors (Lipinski definition) is 5. The molecule has 1 aliphatic rings. The lowest BCUT2D eigenvalue weighted by atomic mass is 10.1. The molecular weight excluding hydrogens is 417 g/mol. The fourth-order valence-corrected chi connectivity index (χ4v) is 5.37. The predicted octanol–water partition coefficient (Wildman–Crippen LogP) is 4.38. The molecule has 1 aliphatic heterocycles. The second-order valence-corrected chi connectivity index (χ2v) is 9.79. The zero-order valence-electron chi connectivity index (χ0n) is 17.7. The molecular formula is C23H26FN3O3S. The first-order chi connectivity index (χ1) is 14.7. The molecule has 0 radical (unpaired) electrons. The Morgan fingerprint density at radius 2 is 1.81 bits per heavy atom. The van der Waals surface area contributed by atoms with Gasteiger partial charge in [0.25, 0.3) is 10.0 Å². The molecule has 0 saturated carbocycles. The van der Waals surface area contributed by atoms with Crippen LogP contribution in [0.25, 0.3) is 11.1 Å². The van der Waals surface area contributed by atoms with Crippen molar-refractivity contribution >= 4 is 21.4 Å². The van der Waals surface area contributed by atoms with Crippen LogP contribution in [0, 0.1) is 12.7 Å². The van der Waals surface area contributed by atoms with Gasteiger partial charge in [-0.05, 0) is 68.3 Å². The van der Waals surface area contributed by atoms with Gasteiger partial charge < -0.3 is 14.6 Å². The van der Waals surface area contributed by atoms with Gasteiger partial charge in [-0.3, -0.25) is 4.72 Å². The highest BCUT2D eigenvalue weighted by molar-refractivity contribution is 7.92. The first-order valence-electron chi connectivity index (χ1n) is 10.2. The van der Waals surface area contributed by atoms with E-state index in [0.717, 1.165) is 29.9 Å². The highest BCUT2D eigenvalue weighted by Crippen LogP contribution is 2.29. The number of aryl methyl sites for hydroxylation is 1. The van der Waals surface area contributed by atoms with Gasteiger partial charge in [0.2, 0.25) is 0 Å². The van der Waals surface area contributed by atoms with E-state index in [-0.39, 0.29) is 22.7 Å². The van der Waals surface area contributed by atoms with Gasteiger partial charge in [0, 0.05) is 36.4 Å². The van der Waals surface area contributed by atoms with Crippen molar-refractivity contribution in [3.63, 3.8) is 0 Å². The molecule has 2 N–H and O–H groups in total. The van der Waals surface area contributed by atoms with Gasteiger partial charge in [-0.15, -0.1) is 0 Å². The molecule has 6 nitrogen and oxygen atoms in total. The number of benzene rings is 2. The quantitative estimate of drug-likeness (QED) is 0.612. The monoisotopic (exact) mass is 443 g/mol. The van der Waals surface area contributed by atoms with Crippen LogP contribution in [-0.4, -0.2) is 33.6 Å². The van der Waals surface area contributed by atoms with Crippen LogP contribution < -0.4 is 14.9 Å². The molecule has 0 amide bonds. The molecule has 2 atom stereocenters. The highest BCUT2D eigenvalue weighted by Gasteiger charge is 2.23. The second-order valence-electron chi connectivity index (χ2n) is 8.14. The van der Waals surface area contributed by atoms with Gasteiger partial charge in [0.1, 0.15) is 5.82 Å². The standard InChI is InChI=1S/C23H26FN3O3S/c1-15-10-18(19-8-9-30-14-19)4-7-23(15)31(28,29)26-22-11-20(5-6-21(22)24)27-12-16(2)25-17(3)13-27/h4-11,14,16-17,25-26H,12-13H2,1-3H3. The summed E-state index contributed by atoms with van der Waals surface area (Å²) in [5, 5.41) is 3.45. The summed E-state index contributed by atoms with van der Waals surface area (Å²) in [4.78, 5) is 2.24. The van der Waals surface area contributed by atoms with Crippen molar-refractivity contribution in [2.75, 3.05) is 22.7 Å². The molecule has 2 aromatic carbocycles. The Morgan fingerprint density at radius 3 is 2.45 bits per heavy atom. The minimum Gasteiger partial charge on any atom is -0.472 e. The van der Waals surface area contributed by atoms with Gasteiger partial charge >= 0.3 is 0 Å². The van der Waals surface area contributed by atoms with Crippen molar-refractivity contribution < 1.29 is 17.2 Å². The summed E-state index contributed by atoms with van der Waals surface area (Å²) in [5.41, 5.74) is 2.99. The third-order valence-corrected chi connectivity index (χ3v) is 6.96. The van der Waals surface area contributed by atoms with E-state index in [2.05, 4.69) is 28.8 Å². The number of furan rings is 1. The van der Waals surface area contributed by atoms with E-state index in [1.165, 1.54) is 12.1 Å². The number of nitrogens with one attached hydrogen (secondary N) is 2. The van der Waals surface area contributed by atoms with Gasteiger partial charge in [0.15, 0.2) is 0 Å². The zero-order chi connectivity index (χ0) is 22.2. The highest BCUT2D eigenvalue weighted by atomic mass is 32.2. The molecule has 31 heavy (non-hydrogen) atoms. The number of sulfonamides is 1. The minimum absolute atomic E-state index is 0.0605. The topological polar surface area (TPSA) is 74.6 Å². The minimum atomic E-state index is -3.97. The first kappa shape index (κ1) is 21.4. The number of hydrogen-bond donors (Lipinski definition) is 2. The molecule has 4 rings (SSSR count). The molecule has 2 unspecified atom stereocenters. The molecule has 0 aliphatic carbocycles. The van der Waals surface area contributed by atoms with Crippen LogP contribution in [0.5, 0.6) is 0 Å². The fourth-order valence-electron chi connectivity index (χ4n) is 4.08. The molecule has 1 fully saturated rings. The summed E-state index contributed by atoms with van der Waals surface area (Å²) in [6, 6.07) is 11.9. The SMILES string of the molecule is Cc1cc(-c2ccoc2)ccc1S(=O)(=O)Nc1cc(N2CC(C)NC(C)C2)ccc1F. The lowest BCUT2D eigenvalue weighted by Gasteiger charge is -2.37. The van der Waals surface area contributed by atoms with Gasteiger partial charge in [-0.2, -0.15) is 0 Å². The van der Waals surface area contributed by atoms with Crippen molar-refractivity contribution in [2.45, 2.75) is 37.8 Å². The van der Waals surface area contributed by atoms with Crippen LogP contribution in [0.2, 0.25) is 0 Å². The first-order valence-corrected chi connectivity index (χ1v) is 11.7. The van der Waals surface area contributed by atoms with Crippen molar-refractivity contribution in [3.05, 3.63) is 66.4 Å². The summed E-state index contributed by atoms with van der Waals surface area (Å²) >= 11 is 0. The fraction of sp³-hybridized carbons (Fsp3) is 0.304. The third-order valence-electron chi connectivity index (χ3n) is 5.44. The molecule has 0 bridgehead atoms. The van der Waals surface area contributed by atoms with Gasteiger partial charge in [-0.1, -0.05) is 6.07 Å².